The molecule has 0 atom stereocenters. The van der Waals surface area contributed by atoms with Gasteiger partial charge in [-0.2, -0.15) is 0 Å². The number of imidazole rings is 1. The molecule has 106 valence electrons. The summed E-state index contributed by atoms with van der Waals surface area (Å²) in [4.78, 5) is 4.60. The van der Waals surface area contributed by atoms with Crippen molar-refractivity contribution in [1.82, 2.24) is 9.66 Å². The normalized spacial score (nSPS) is 14.3. The van der Waals surface area contributed by atoms with E-state index < -0.39 is 0 Å². The molecule has 1 aromatic heterocycles. The smallest absolute Gasteiger partial charge is 0.170 e. The number of ether oxygens (including phenoxy) is 2. The fourth-order valence-electron chi connectivity index (χ4n) is 2.36. The summed E-state index contributed by atoms with van der Waals surface area (Å²) in [7, 11) is 3.20. The van der Waals surface area contributed by atoms with Gasteiger partial charge in [-0.1, -0.05) is 6.07 Å². The van der Waals surface area contributed by atoms with Crippen LogP contribution in [0.15, 0.2) is 18.2 Å². The highest BCUT2D eigenvalue weighted by Crippen LogP contribution is 2.44. The van der Waals surface area contributed by atoms with Crippen LogP contribution in [-0.2, 0) is 0 Å². The number of anilines is 1. The number of nitrogens with zero attached hydrogens (tertiary/aromatic N) is 2. The minimum Gasteiger partial charge on any atom is -0.493 e. The second-order valence-electron chi connectivity index (χ2n) is 4.89. The van der Waals surface area contributed by atoms with Gasteiger partial charge in [-0.05, 0) is 25.0 Å². The van der Waals surface area contributed by atoms with Crippen molar-refractivity contribution in [3.8, 4) is 22.8 Å². The lowest BCUT2D eigenvalue weighted by molar-refractivity contribution is 0.356. The van der Waals surface area contributed by atoms with E-state index in [0.29, 0.717) is 28.9 Å². The molecule has 20 heavy (non-hydrogen) atoms. The van der Waals surface area contributed by atoms with E-state index in [1.807, 2.05) is 18.2 Å². The first-order valence-electron chi connectivity index (χ1n) is 6.52. The van der Waals surface area contributed by atoms with Crippen LogP contribution >= 0.6 is 0 Å². The van der Waals surface area contributed by atoms with Crippen LogP contribution in [0.2, 0.25) is 0 Å². The minimum absolute atomic E-state index is 0.424. The number of methoxy groups -OCH3 is 2. The van der Waals surface area contributed by atoms with Crippen molar-refractivity contribution < 1.29 is 9.47 Å². The summed E-state index contributed by atoms with van der Waals surface area (Å²) in [5, 5.41) is 0. The molecule has 2 aromatic rings. The van der Waals surface area contributed by atoms with E-state index in [9.17, 15) is 0 Å². The van der Waals surface area contributed by atoms with Crippen molar-refractivity contribution in [3.05, 3.63) is 24.0 Å². The lowest BCUT2D eigenvalue weighted by Gasteiger charge is -2.11. The first-order valence-corrected chi connectivity index (χ1v) is 6.52. The van der Waals surface area contributed by atoms with Crippen LogP contribution in [0.1, 0.15) is 24.6 Å². The molecule has 1 aromatic carbocycles. The summed E-state index contributed by atoms with van der Waals surface area (Å²) in [6.45, 7) is 0. The Bertz CT molecular complexity index is 647. The number of hydrogen-bond acceptors (Lipinski definition) is 5. The Kier molecular flexibility index (Phi) is 2.93. The van der Waals surface area contributed by atoms with Crippen molar-refractivity contribution in [3.63, 3.8) is 0 Å². The number of hydrogen-bond donors (Lipinski definition) is 2. The Morgan fingerprint density at radius 3 is 2.60 bits per heavy atom. The largest absolute Gasteiger partial charge is 0.493 e. The molecule has 0 aliphatic heterocycles. The summed E-state index contributed by atoms with van der Waals surface area (Å²) in [5.74, 6) is 8.96. The molecule has 1 aliphatic rings. The van der Waals surface area contributed by atoms with Crippen molar-refractivity contribution >= 4 is 5.82 Å². The van der Waals surface area contributed by atoms with E-state index in [1.54, 1.807) is 14.2 Å². The average Bonchev–Trinajstić information content (AvgIpc) is 3.26. The predicted octanol–water partition coefficient (Wildman–Crippen LogP) is 1.74. The second kappa shape index (κ2) is 4.63. The highest BCUT2D eigenvalue weighted by atomic mass is 16.5. The number of nitrogens with two attached hydrogens (primary N) is 2. The van der Waals surface area contributed by atoms with Crippen molar-refractivity contribution in [2.75, 3.05) is 25.8 Å². The molecular weight excluding hydrogens is 256 g/mol. The molecule has 3 rings (SSSR count). The lowest BCUT2D eigenvalue weighted by Crippen LogP contribution is -2.14. The molecule has 1 heterocycles. The van der Waals surface area contributed by atoms with Gasteiger partial charge in [-0.3, -0.25) is 0 Å². The molecule has 0 unspecified atom stereocenters. The average molecular weight is 274 g/mol. The third-order valence-electron chi connectivity index (χ3n) is 3.58. The third kappa shape index (κ3) is 1.84. The zero-order chi connectivity index (χ0) is 14.3. The Morgan fingerprint density at radius 2 is 2.00 bits per heavy atom. The molecule has 0 spiro atoms. The first-order chi connectivity index (χ1) is 9.67. The fraction of sp³-hybridized carbons (Fsp3) is 0.357. The quantitative estimate of drug-likeness (QED) is 0.829. The number of aromatic nitrogens is 2. The maximum atomic E-state index is 6.10. The molecule has 4 N–H and O–H groups in total. The van der Waals surface area contributed by atoms with Gasteiger partial charge in [0.05, 0.1) is 14.2 Å². The molecule has 6 nitrogen and oxygen atoms in total. The topological polar surface area (TPSA) is 88.3 Å². The van der Waals surface area contributed by atoms with E-state index in [4.69, 9.17) is 21.1 Å². The van der Waals surface area contributed by atoms with Gasteiger partial charge in [0.15, 0.2) is 17.3 Å². The Balaban J connectivity index is 2.16. The number of nitrogen functional groups attached to an aromatic ring is 2. The van der Waals surface area contributed by atoms with Gasteiger partial charge in [-0.25, -0.2) is 9.66 Å². The van der Waals surface area contributed by atoms with Crippen LogP contribution in [0.4, 0.5) is 5.82 Å². The summed E-state index contributed by atoms with van der Waals surface area (Å²) in [5.41, 5.74) is 7.53. The second-order valence-corrected chi connectivity index (χ2v) is 4.89. The van der Waals surface area contributed by atoms with Gasteiger partial charge in [-0.15, -0.1) is 0 Å². The number of para-hydroxylation sites is 1. The fourth-order valence-corrected chi connectivity index (χ4v) is 2.36. The number of rotatable bonds is 4. The highest BCUT2D eigenvalue weighted by molar-refractivity contribution is 5.78. The zero-order valence-electron chi connectivity index (χ0n) is 11.6. The SMILES string of the molecule is COc1cccc(-c2nc(C3CC3)n(N)c2N)c1OC. The van der Waals surface area contributed by atoms with E-state index in [2.05, 4.69) is 4.98 Å². The van der Waals surface area contributed by atoms with Crippen LogP contribution in [0, 0.1) is 0 Å². The van der Waals surface area contributed by atoms with Gasteiger partial charge in [0.2, 0.25) is 0 Å². The highest BCUT2D eigenvalue weighted by Gasteiger charge is 2.31. The minimum atomic E-state index is 0.424. The van der Waals surface area contributed by atoms with E-state index in [0.717, 1.165) is 24.2 Å². The number of benzene rings is 1. The molecule has 1 fully saturated rings. The monoisotopic (exact) mass is 274 g/mol. The van der Waals surface area contributed by atoms with Crippen LogP contribution in [0.25, 0.3) is 11.3 Å². The van der Waals surface area contributed by atoms with E-state index in [-0.39, 0.29) is 0 Å². The maximum absolute atomic E-state index is 6.10. The standard InChI is InChI=1S/C14H18N4O2/c1-19-10-5-3-4-9(12(10)20-2)11-13(15)18(16)14(17-11)8-6-7-8/h3-5,8H,6-7,15-16H2,1-2H3. The maximum Gasteiger partial charge on any atom is 0.170 e. The zero-order valence-corrected chi connectivity index (χ0v) is 11.6. The molecular formula is C14H18N4O2. The molecule has 6 heteroatoms. The Hall–Kier alpha value is -2.37. The van der Waals surface area contributed by atoms with Crippen LogP contribution in [0.3, 0.4) is 0 Å². The first kappa shape index (κ1) is 12.7. The Labute approximate surface area is 117 Å². The molecule has 1 saturated carbocycles. The van der Waals surface area contributed by atoms with Gasteiger partial charge >= 0.3 is 0 Å². The summed E-state index contributed by atoms with van der Waals surface area (Å²) < 4.78 is 12.2. The van der Waals surface area contributed by atoms with Gasteiger partial charge in [0.25, 0.3) is 0 Å². The van der Waals surface area contributed by atoms with E-state index in [1.165, 1.54) is 4.68 Å². The lowest BCUT2D eigenvalue weighted by atomic mass is 10.1. The molecule has 0 bridgehead atoms. The van der Waals surface area contributed by atoms with Crippen molar-refractivity contribution in [2.45, 2.75) is 18.8 Å². The third-order valence-corrected chi connectivity index (χ3v) is 3.58. The molecule has 1 aliphatic carbocycles. The summed E-state index contributed by atoms with van der Waals surface area (Å²) in [6.07, 6.45) is 2.23. The molecule has 0 saturated heterocycles. The van der Waals surface area contributed by atoms with Gasteiger partial charge in [0, 0.05) is 11.5 Å². The van der Waals surface area contributed by atoms with Crippen LogP contribution in [0.5, 0.6) is 11.5 Å². The van der Waals surface area contributed by atoms with Crippen LogP contribution < -0.4 is 21.1 Å². The van der Waals surface area contributed by atoms with Crippen LogP contribution in [-0.4, -0.2) is 23.9 Å². The van der Waals surface area contributed by atoms with Crippen molar-refractivity contribution in [1.29, 1.82) is 0 Å². The molecule has 0 radical (unpaired) electrons. The van der Waals surface area contributed by atoms with E-state index >= 15 is 0 Å². The van der Waals surface area contributed by atoms with Crippen molar-refractivity contribution in [2.24, 2.45) is 0 Å². The van der Waals surface area contributed by atoms with Gasteiger partial charge < -0.3 is 21.1 Å². The predicted molar refractivity (Wildman–Crippen MR) is 77.3 cm³/mol. The Morgan fingerprint density at radius 1 is 1.25 bits per heavy atom. The molecule has 0 amide bonds. The summed E-state index contributed by atoms with van der Waals surface area (Å²) in [6, 6.07) is 5.61. The van der Waals surface area contributed by atoms with Gasteiger partial charge in [0.1, 0.15) is 11.5 Å². The summed E-state index contributed by atoms with van der Waals surface area (Å²) >= 11 is 0.